The predicted molar refractivity (Wildman–Crippen MR) is 56.1 cm³/mol. The van der Waals surface area contributed by atoms with Gasteiger partial charge < -0.3 is 0 Å². The first-order valence-electron chi connectivity index (χ1n) is 0.456. The van der Waals surface area contributed by atoms with Gasteiger partial charge in [0.15, 0.2) is 0 Å². The monoisotopic (exact) mass is 571 g/mol. The zero-order valence-electron chi connectivity index (χ0n) is 1.81. The molecule has 0 bridgehead atoms. The van der Waals surface area contributed by atoms with Crippen LogP contribution in [0.4, 0.5) is 0 Å². The topological polar surface area (TPSA) is 0 Å². The fourth-order valence-electron chi connectivity index (χ4n) is 0. The zero-order chi connectivity index (χ0) is 4.50. The summed E-state index contributed by atoms with van der Waals surface area (Å²) < 4.78 is -0.245. The standard InChI is InChI=1S/Cu.4HI/h;4*1H/q+4;;;;/p-4. The van der Waals surface area contributed by atoms with Crippen molar-refractivity contribution in [1.82, 2.24) is 0 Å². The van der Waals surface area contributed by atoms with Gasteiger partial charge in [-0.2, -0.15) is 0 Å². The van der Waals surface area contributed by atoms with Gasteiger partial charge in [-0.05, 0) is 0 Å². The molecule has 0 aliphatic carbocycles. The molecule has 0 saturated carbocycles. The number of hydrogen-bond acceptors (Lipinski definition) is 0. The Hall–Kier alpha value is 3.44. The van der Waals surface area contributed by atoms with Crippen LogP contribution in [-0.2, 0) is -0.154 Å². The van der Waals surface area contributed by atoms with Gasteiger partial charge in [0.05, 0.1) is 0 Å². The van der Waals surface area contributed by atoms with Gasteiger partial charge in [0.1, 0.15) is 0 Å². The van der Waals surface area contributed by atoms with E-state index in [1.807, 2.05) is 0 Å². The third-order valence-electron chi connectivity index (χ3n) is 0. The molecule has 0 saturated heterocycles. The Balaban J connectivity index is 3.02. The van der Waals surface area contributed by atoms with Crippen LogP contribution >= 0.6 is 81.4 Å². The summed E-state index contributed by atoms with van der Waals surface area (Å²) in [5.41, 5.74) is 0. The summed E-state index contributed by atoms with van der Waals surface area (Å²) in [5, 5.41) is 0. The van der Waals surface area contributed by atoms with E-state index < -0.39 is 0 Å². The molecule has 0 heterocycles. The molecule has 5 heteroatoms. The summed E-state index contributed by atoms with van der Waals surface area (Å²) in [6.07, 6.45) is 0. The van der Waals surface area contributed by atoms with Crippen LogP contribution in [0.3, 0.4) is 0 Å². The molecular formula is CuI4. The average Bonchev–Trinajstić information content (AvgIpc) is 0.722. The van der Waals surface area contributed by atoms with E-state index in [0.29, 0.717) is 0 Å². The molecule has 0 amide bonds. The van der Waals surface area contributed by atoms with Crippen LogP contribution in [0.15, 0.2) is 0 Å². The van der Waals surface area contributed by atoms with E-state index in [2.05, 4.69) is 81.4 Å². The third-order valence-corrected chi connectivity index (χ3v) is 0. The molecule has 0 aliphatic rings. The van der Waals surface area contributed by atoms with Crippen LogP contribution < -0.4 is 0 Å². The summed E-state index contributed by atoms with van der Waals surface area (Å²) in [4.78, 5) is 0. The zero-order valence-corrected chi connectivity index (χ0v) is 11.4. The molecule has 0 radical (unpaired) electrons. The van der Waals surface area contributed by atoms with Crippen molar-refractivity contribution in [2.24, 2.45) is 0 Å². The fourth-order valence-corrected chi connectivity index (χ4v) is 0. The molecular weight excluding hydrogens is 571 g/mol. The number of rotatable bonds is 0. The predicted octanol–water partition coefficient (Wildman–Crippen LogP) is 3.54. The summed E-state index contributed by atoms with van der Waals surface area (Å²) in [6.45, 7) is 0. The van der Waals surface area contributed by atoms with Gasteiger partial charge in [-0.1, -0.05) is 0 Å². The molecule has 0 aromatic rings. The van der Waals surface area contributed by atoms with Gasteiger partial charge in [-0.3, -0.25) is 0 Å². The van der Waals surface area contributed by atoms with Crippen LogP contribution in [-0.4, -0.2) is 0 Å². The second-order valence-corrected chi connectivity index (χ2v) is 48.0. The SMILES string of the molecule is [I][Cu]([I])([I])[I]. The summed E-state index contributed by atoms with van der Waals surface area (Å²) in [7, 11) is 0. The molecule has 0 fully saturated rings. The van der Waals surface area contributed by atoms with E-state index in [9.17, 15) is 0 Å². The van der Waals surface area contributed by atoms with E-state index in [4.69, 9.17) is 0 Å². The molecule has 0 atom stereocenters. The molecule has 0 aliphatic heterocycles. The third kappa shape index (κ3) is 18.6. The summed E-state index contributed by atoms with van der Waals surface area (Å²) in [6, 6.07) is 0. The first-order valence-corrected chi connectivity index (χ1v) is 12.6. The van der Waals surface area contributed by atoms with Crippen molar-refractivity contribution in [3.63, 3.8) is 0 Å². The van der Waals surface area contributed by atoms with Crippen molar-refractivity contribution >= 4 is 81.4 Å². The van der Waals surface area contributed by atoms with Gasteiger partial charge in [0.2, 0.25) is 0 Å². The minimum atomic E-state index is -0.245. The Morgan fingerprint density at radius 1 is 0.800 bits per heavy atom. The van der Waals surface area contributed by atoms with Crippen molar-refractivity contribution in [2.45, 2.75) is 0 Å². The Morgan fingerprint density at radius 3 is 0.800 bits per heavy atom. The van der Waals surface area contributed by atoms with E-state index >= 15 is 0 Å². The quantitative estimate of drug-likeness (QED) is 0.309. The molecule has 0 N–H and O–H groups in total. The first kappa shape index (κ1) is 8.44. The minimum absolute atomic E-state index is 0.245. The summed E-state index contributed by atoms with van der Waals surface area (Å²) >= 11 is 9.66. The van der Waals surface area contributed by atoms with Crippen LogP contribution in [0.1, 0.15) is 0 Å². The number of hydrogen-bond donors (Lipinski definition) is 0. The van der Waals surface area contributed by atoms with Gasteiger partial charge >= 0.3 is 81.2 Å². The molecule has 0 unspecified atom stereocenters. The summed E-state index contributed by atoms with van der Waals surface area (Å²) in [5.74, 6) is 0. The van der Waals surface area contributed by atoms with Gasteiger partial charge in [0, 0.05) is 0 Å². The Labute approximate surface area is 78.8 Å². The maximum absolute atomic E-state index is 2.42. The number of halogens is 4. The Bertz CT molecular complexity index is 19.1. The first-order chi connectivity index (χ1) is 2.00. The van der Waals surface area contributed by atoms with Crippen LogP contribution in [0, 0.1) is 0 Å². The van der Waals surface area contributed by atoms with E-state index in [1.54, 1.807) is 0 Å². The van der Waals surface area contributed by atoms with E-state index in [0.717, 1.165) is 0 Å². The average molecular weight is 571 g/mol. The van der Waals surface area contributed by atoms with Crippen molar-refractivity contribution < 1.29 is -0.154 Å². The van der Waals surface area contributed by atoms with Gasteiger partial charge in [-0.15, -0.1) is 0 Å². The Kier molecular flexibility index (Phi) is 5.84. The van der Waals surface area contributed by atoms with Crippen LogP contribution in [0.5, 0.6) is 0 Å². The van der Waals surface area contributed by atoms with Crippen molar-refractivity contribution in [3.8, 4) is 0 Å². The van der Waals surface area contributed by atoms with Gasteiger partial charge in [-0.25, -0.2) is 0 Å². The van der Waals surface area contributed by atoms with Crippen LogP contribution in [0.2, 0.25) is 0 Å². The molecule has 0 rings (SSSR count). The van der Waals surface area contributed by atoms with E-state index in [-0.39, 0.29) is -0.154 Å². The molecule has 39 valence electrons. The normalized spacial score (nSPS) is 15.2. The second kappa shape index (κ2) is 3.46. The van der Waals surface area contributed by atoms with Crippen LogP contribution in [0.25, 0.3) is 0 Å². The van der Waals surface area contributed by atoms with Gasteiger partial charge in [0.25, 0.3) is 0 Å². The van der Waals surface area contributed by atoms with E-state index in [1.165, 1.54) is 0 Å². The second-order valence-electron chi connectivity index (χ2n) is 0.258. The van der Waals surface area contributed by atoms with Crippen molar-refractivity contribution in [1.29, 1.82) is 0 Å². The van der Waals surface area contributed by atoms with Crippen molar-refractivity contribution in [3.05, 3.63) is 0 Å². The molecule has 5 heavy (non-hydrogen) atoms. The molecule has 0 nitrogen and oxygen atoms in total. The molecule has 0 aromatic carbocycles. The van der Waals surface area contributed by atoms with Crippen molar-refractivity contribution in [2.75, 3.05) is 0 Å². The molecule has 0 spiro atoms. The fraction of sp³-hybridized carbons (Fsp3) is 0. The molecule has 0 aromatic heterocycles. The Morgan fingerprint density at radius 2 is 0.800 bits per heavy atom. The maximum atomic E-state index is 2.42.